The number of rotatable bonds is 1. The second kappa shape index (κ2) is 5.43. The van der Waals surface area contributed by atoms with E-state index in [-0.39, 0.29) is 6.10 Å². The molecule has 2 heterocycles. The Balaban J connectivity index is 1.58. The van der Waals surface area contributed by atoms with Crippen molar-refractivity contribution in [1.82, 2.24) is 4.98 Å². The number of thiazole rings is 1. The lowest BCUT2D eigenvalue weighted by Gasteiger charge is -2.18. The second-order valence-electron chi connectivity index (χ2n) is 5.97. The van der Waals surface area contributed by atoms with Gasteiger partial charge < -0.3 is 10.0 Å². The van der Waals surface area contributed by atoms with Crippen molar-refractivity contribution in [2.24, 2.45) is 0 Å². The third-order valence-electron chi connectivity index (χ3n) is 4.60. The number of hydrogen-bond acceptors (Lipinski definition) is 4. The number of aryl methyl sites for hydroxylation is 1. The second-order valence-corrected chi connectivity index (χ2v) is 7.03. The van der Waals surface area contributed by atoms with Crippen molar-refractivity contribution in [2.75, 3.05) is 18.0 Å². The maximum Gasteiger partial charge on any atom is 0.185 e. The van der Waals surface area contributed by atoms with Gasteiger partial charge in [0, 0.05) is 18.0 Å². The van der Waals surface area contributed by atoms with E-state index in [0.29, 0.717) is 0 Å². The first-order chi connectivity index (χ1) is 10.3. The average molecular weight is 300 g/mol. The summed E-state index contributed by atoms with van der Waals surface area (Å²) in [6.07, 6.45) is 4.86. The van der Waals surface area contributed by atoms with Gasteiger partial charge in [-0.3, -0.25) is 0 Å². The molecule has 3 nitrogen and oxygen atoms in total. The quantitative estimate of drug-likeness (QED) is 0.879. The SMILES string of the molecule is OC1CCCc2sc(N3CCc4ccccc4CC3)nc21. The number of nitrogens with zero attached hydrogens (tertiary/aromatic N) is 2. The lowest BCUT2D eigenvalue weighted by molar-refractivity contribution is 0.153. The van der Waals surface area contributed by atoms with Crippen LogP contribution in [0, 0.1) is 0 Å². The van der Waals surface area contributed by atoms with Crippen LogP contribution in [0.1, 0.15) is 40.6 Å². The number of aliphatic hydroxyl groups is 1. The fourth-order valence-electron chi connectivity index (χ4n) is 3.38. The van der Waals surface area contributed by atoms with Gasteiger partial charge in [0.05, 0.1) is 11.8 Å². The van der Waals surface area contributed by atoms with Gasteiger partial charge in [0.2, 0.25) is 0 Å². The summed E-state index contributed by atoms with van der Waals surface area (Å²) in [7, 11) is 0. The Labute approximate surface area is 129 Å². The van der Waals surface area contributed by atoms with Gasteiger partial charge in [0.15, 0.2) is 5.13 Å². The summed E-state index contributed by atoms with van der Waals surface area (Å²) < 4.78 is 0. The Kier molecular flexibility index (Phi) is 3.43. The maximum atomic E-state index is 10.1. The van der Waals surface area contributed by atoms with Gasteiger partial charge in [-0.1, -0.05) is 24.3 Å². The zero-order valence-electron chi connectivity index (χ0n) is 12.1. The highest BCUT2D eigenvalue weighted by atomic mass is 32.1. The van der Waals surface area contributed by atoms with E-state index >= 15 is 0 Å². The number of hydrogen-bond donors (Lipinski definition) is 1. The van der Waals surface area contributed by atoms with Gasteiger partial charge in [-0.2, -0.15) is 0 Å². The van der Waals surface area contributed by atoms with Crippen molar-refractivity contribution < 1.29 is 5.11 Å². The van der Waals surface area contributed by atoms with Crippen LogP contribution in [0.5, 0.6) is 0 Å². The number of aromatic nitrogens is 1. The third kappa shape index (κ3) is 2.47. The summed E-state index contributed by atoms with van der Waals surface area (Å²) in [4.78, 5) is 8.45. The molecule has 0 bridgehead atoms. The molecule has 1 aromatic heterocycles. The lowest BCUT2D eigenvalue weighted by Crippen LogP contribution is -2.25. The van der Waals surface area contributed by atoms with Crippen LogP contribution < -0.4 is 4.90 Å². The fraction of sp³-hybridized carbons (Fsp3) is 0.471. The van der Waals surface area contributed by atoms with E-state index in [2.05, 4.69) is 29.2 Å². The van der Waals surface area contributed by atoms with Crippen LogP contribution in [-0.4, -0.2) is 23.2 Å². The minimum absolute atomic E-state index is 0.345. The van der Waals surface area contributed by atoms with Gasteiger partial charge in [0.1, 0.15) is 0 Å². The summed E-state index contributed by atoms with van der Waals surface area (Å²) in [6.45, 7) is 2.05. The zero-order valence-corrected chi connectivity index (χ0v) is 12.9. The zero-order chi connectivity index (χ0) is 14.2. The fourth-order valence-corrected chi connectivity index (χ4v) is 4.59. The Morgan fingerprint density at radius 1 is 1.10 bits per heavy atom. The summed E-state index contributed by atoms with van der Waals surface area (Å²) >= 11 is 1.79. The number of benzene rings is 1. The van der Waals surface area contributed by atoms with Gasteiger partial charge >= 0.3 is 0 Å². The van der Waals surface area contributed by atoms with E-state index in [1.165, 1.54) is 16.0 Å². The molecule has 0 fully saturated rings. The van der Waals surface area contributed by atoms with E-state index in [4.69, 9.17) is 4.98 Å². The Hall–Kier alpha value is -1.39. The van der Waals surface area contributed by atoms with Gasteiger partial charge in [-0.25, -0.2) is 4.98 Å². The standard InChI is InChI=1S/C17H20N2OS/c20-14-6-3-7-15-16(14)18-17(21-15)19-10-8-12-4-1-2-5-13(12)9-11-19/h1-2,4-5,14,20H,3,6-11H2. The molecule has 1 aliphatic carbocycles. The van der Waals surface area contributed by atoms with Crippen molar-refractivity contribution in [3.8, 4) is 0 Å². The van der Waals surface area contributed by atoms with E-state index in [1.54, 1.807) is 11.3 Å². The van der Waals surface area contributed by atoms with E-state index in [9.17, 15) is 5.11 Å². The van der Waals surface area contributed by atoms with E-state index in [1.807, 2.05) is 0 Å². The maximum absolute atomic E-state index is 10.1. The minimum atomic E-state index is -0.345. The summed E-state index contributed by atoms with van der Waals surface area (Å²) in [5, 5.41) is 11.2. The molecule has 1 N–H and O–H groups in total. The molecule has 0 spiro atoms. The molecule has 1 atom stereocenters. The number of anilines is 1. The molecule has 0 saturated carbocycles. The number of fused-ring (bicyclic) bond motifs is 2. The van der Waals surface area contributed by atoms with Crippen molar-refractivity contribution >= 4 is 16.5 Å². The summed E-state index contributed by atoms with van der Waals surface area (Å²) in [5.74, 6) is 0. The molecule has 1 aromatic carbocycles. The Bertz CT molecular complexity index is 625. The third-order valence-corrected chi connectivity index (χ3v) is 5.80. The molecule has 2 aliphatic rings. The van der Waals surface area contributed by atoms with Crippen molar-refractivity contribution in [3.05, 3.63) is 46.0 Å². The highest BCUT2D eigenvalue weighted by Gasteiger charge is 2.25. The molecular weight excluding hydrogens is 280 g/mol. The molecule has 0 amide bonds. The largest absolute Gasteiger partial charge is 0.387 e. The first-order valence-corrected chi connectivity index (χ1v) is 8.62. The predicted octanol–water partition coefficient (Wildman–Crippen LogP) is 3.12. The topological polar surface area (TPSA) is 36.4 Å². The Morgan fingerprint density at radius 2 is 1.81 bits per heavy atom. The van der Waals surface area contributed by atoms with Crippen molar-refractivity contribution in [2.45, 2.75) is 38.2 Å². The molecule has 21 heavy (non-hydrogen) atoms. The first-order valence-electron chi connectivity index (χ1n) is 7.80. The predicted molar refractivity (Wildman–Crippen MR) is 86.1 cm³/mol. The minimum Gasteiger partial charge on any atom is -0.387 e. The Morgan fingerprint density at radius 3 is 2.48 bits per heavy atom. The van der Waals surface area contributed by atoms with Crippen LogP contribution in [0.4, 0.5) is 5.13 Å². The van der Waals surface area contributed by atoms with Gasteiger partial charge in [0.25, 0.3) is 0 Å². The number of aliphatic hydroxyl groups excluding tert-OH is 1. The highest BCUT2D eigenvalue weighted by Crippen LogP contribution is 2.37. The van der Waals surface area contributed by atoms with Gasteiger partial charge in [-0.15, -0.1) is 11.3 Å². The van der Waals surface area contributed by atoms with Crippen LogP contribution in [0.3, 0.4) is 0 Å². The average Bonchev–Trinajstić information content (AvgIpc) is 2.82. The summed E-state index contributed by atoms with van der Waals surface area (Å²) in [5.41, 5.74) is 3.89. The van der Waals surface area contributed by atoms with Crippen molar-refractivity contribution in [1.29, 1.82) is 0 Å². The van der Waals surface area contributed by atoms with E-state index in [0.717, 1.165) is 56.0 Å². The van der Waals surface area contributed by atoms with Crippen LogP contribution in [-0.2, 0) is 19.3 Å². The molecule has 110 valence electrons. The monoisotopic (exact) mass is 300 g/mol. The molecule has 1 unspecified atom stereocenters. The molecule has 1 aliphatic heterocycles. The van der Waals surface area contributed by atoms with Crippen LogP contribution in [0.25, 0.3) is 0 Å². The highest BCUT2D eigenvalue weighted by molar-refractivity contribution is 7.15. The van der Waals surface area contributed by atoms with E-state index < -0.39 is 0 Å². The molecule has 0 radical (unpaired) electrons. The van der Waals surface area contributed by atoms with Crippen molar-refractivity contribution in [3.63, 3.8) is 0 Å². The van der Waals surface area contributed by atoms with Crippen LogP contribution in [0.2, 0.25) is 0 Å². The molecule has 4 heteroatoms. The summed E-state index contributed by atoms with van der Waals surface area (Å²) in [6, 6.07) is 8.75. The molecule has 4 rings (SSSR count). The normalized spacial score (nSPS) is 21.6. The molecule has 0 saturated heterocycles. The van der Waals surface area contributed by atoms with Crippen LogP contribution in [0.15, 0.2) is 24.3 Å². The molecule has 2 aromatic rings. The van der Waals surface area contributed by atoms with Crippen LogP contribution >= 0.6 is 11.3 Å². The first kappa shape index (κ1) is 13.3. The van der Waals surface area contributed by atoms with Gasteiger partial charge in [-0.05, 0) is 43.2 Å². The molecular formula is C17H20N2OS. The smallest absolute Gasteiger partial charge is 0.185 e. The lowest BCUT2D eigenvalue weighted by atomic mass is 10.0.